The summed E-state index contributed by atoms with van der Waals surface area (Å²) in [4.78, 5) is 5.73. The summed E-state index contributed by atoms with van der Waals surface area (Å²) in [5.74, 6) is 1.39. The van der Waals surface area contributed by atoms with Crippen LogP contribution in [0.2, 0.25) is 0 Å². The smallest absolute Gasteiger partial charge is 0.213 e. The molecule has 0 amide bonds. The van der Waals surface area contributed by atoms with E-state index in [0.717, 1.165) is 11.6 Å². The summed E-state index contributed by atoms with van der Waals surface area (Å²) in [6.07, 6.45) is 4.45. The van der Waals surface area contributed by atoms with Crippen LogP contribution < -0.4 is 10.1 Å². The lowest BCUT2D eigenvalue weighted by Gasteiger charge is -2.18. The number of hydrogen-bond donors (Lipinski definition) is 1. The Morgan fingerprint density at radius 1 is 1.33 bits per heavy atom. The van der Waals surface area contributed by atoms with Crippen molar-refractivity contribution in [1.29, 1.82) is 0 Å². The van der Waals surface area contributed by atoms with E-state index in [2.05, 4.69) is 27.8 Å². The Kier molecular flexibility index (Phi) is 4.72. The summed E-state index contributed by atoms with van der Waals surface area (Å²) >= 11 is 1.81. The average molecular weight is 304 g/mol. The van der Waals surface area contributed by atoms with Crippen LogP contribution in [0.15, 0.2) is 35.8 Å². The van der Waals surface area contributed by atoms with Crippen molar-refractivity contribution < 1.29 is 9.47 Å². The van der Waals surface area contributed by atoms with Crippen molar-refractivity contribution in [3.05, 3.63) is 40.7 Å². The second-order valence-corrected chi connectivity index (χ2v) is 6.18. The van der Waals surface area contributed by atoms with Gasteiger partial charge in [0.05, 0.1) is 24.5 Å². The summed E-state index contributed by atoms with van der Waals surface area (Å²) in [7, 11) is 1.66. The fourth-order valence-corrected chi connectivity index (χ4v) is 3.15. The van der Waals surface area contributed by atoms with Crippen LogP contribution in [0.3, 0.4) is 0 Å². The van der Waals surface area contributed by atoms with Crippen molar-refractivity contribution in [1.82, 2.24) is 4.98 Å². The van der Waals surface area contributed by atoms with E-state index in [-0.39, 0.29) is 0 Å². The third kappa shape index (κ3) is 3.95. The van der Waals surface area contributed by atoms with E-state index in [1.54, 1.807) is 7.11 Å². The van der Waals surface area contributed by atoms with E-state index < -0.39 is 0 Å². The van der Waals surface area contributed by atoms with Gasteiger partial charge in [-0.1, -0.05) is 6.07 Å². The fourth-order valence-electron chi connectivity index (χ4n) is 2.28. The molecule has 1 unspecified atom stereocenters. The minimum atomic E-state index is 0.409. The van der Waals surface area contributed by atoms with Gasteiger partial charge >= 0.3 is 0 Å². The van der Waals surface area contributed by atoms with Gasteiger partial charge in [-0.3, -0.25) is 0 Å². The topological polar surface area (TPSA) is 43.4 Å². The van der Waals surface area contributed by atoms with E-state index in [1.807, 2.05) is 29.7 Å². The predicted molar refractivity (Wildman–Crippen MR) is 85.0 cm³/mol. The highest BCUT2D eigenvalue weighted by Crippen LogP contribution is 2.44. The first-order chi connectivity index (χ1) is 10.4. The number of ether oxygens (including phenoxy) is 2. The van der Waals surface area contributed by atoms with Crippen molar-refractivity contribution in [3.8, 4) is 5.88 Å². The minimum absolute atomic E-state index is 0.409. The first kappa shape index (κ1) is 14.4. The molecule has 0 spiro atoms. The Labute approximate surface area is 129 Å². The van der Waals surface area contributed by atoms with Crippen LogP contribution >= 0.6 is 11.3 Å². The third-order valence-electron chi connectivity index (χ3n) is 3.54. The molecule has 1 aliphatic rings. The van der Waals surface area contributed by atoms with Gasteiger partial charge in [-0.05, 0) is 36.3 Å². The van der Waals surface area contributed by atoms with Gasteiger partial charge in [0, 0.05) is 18.1 Å². The first-order valence-corrected chi connectivity index (χ1v) is 8.12. The number of thiophene rings is 1. The molecule has 3 rings (SSSR count). The summed E-state index contributed by atoms with van der Waals surface area (Å²) in [6, 6.07) is 8.65. The zero-order valence-electron chi connectivity index (χ0n) is 12.1. The maximum atomic E-state index is 5.48. The summed E-state index contributed by atoms with van der Waals surface area (Å²) < 4.78 is 10.4. The van der Waals surface area contributed by atoms with Gasteiger partial charge in [0.1, 0.15) is 6.61 Å². The highest BCUT2D eigenvalue weighted by atomic mass is 32.1. The number of nitrogens with one attached hydrogen (secondary N) is 1. The molecule has 1 N–H and O–H groups in total. The number of hydrogen-bond acceptors (Lipinski definition) is 5. The average Bonchev–Trinajstić information content (AvgIpc) is 3.21. The highest BCUT2D eigenvalue weighted by molar-refractivity contribution is 7.10. The molecular weight excluding hydrogens is 284 g/mol. The Hall–Kier alpha value is -1.59. The number of rotatable bonds is 8. The van der Waals surface area contributed by atoms with Gasteiger partial charge in [-0.15, -0.1) is 11.3 Å². The lowest BCUT2D eigenvalue weighted by molar-refractivity contribution is 0.144. The largest absolute Gasteiger partial charge is 0.475 e. The number of nitrogens with zero attached hydrogens (tertiary/aromatic N) is 1. The number of aromatic nitrogens is 1. The molecule has 2 aromatic rings. The van der Waals surface area contributed by atoms with Gasteiger partial charge in [0.25, 0.3) is 0 Å². The molecule has 2 aromatic heterocycles. The van der Waals surface area contributed by atoms with Crippen LogP contribution in [0.5, 0.6) is 5.88 Å². The molecule has 0 aromatic carbocycles. The molecule has 21 heavy (non-hydrogen) atoms. The molecule has 1 atom stereocenters. The highest BCUT2D eigenvalue weighted by Gasteiger charge is 2.32. The monoisotopic (exact) mass is 304 g/mol. The van der Waals surface area contributed by atoms with Gasteiger partial charge in [-0.25, -0.2) is 4.98 Å². The fraction of sp³-hybridized carbons (Fsp3) is 0.438. The Bertz CT molecular complexity index is 538. The second-order valence-electron chi connectivity index (χ2n) is 5.20. The zero-order chi connectivity index (χ0) is 14.5. The molecule has 0 aliphatic heterocycles. The third-order valence-corrected chi connectivity index (χ3v) is 4.49. The van der Waals surface area contributed by atoms with Crippen LogP contribution in [-0.4, -0.2) is 25.3 Å². The van der Waals surface area contributed by atoms with Gasteiger partial charge < -0.3 is 14.8 Å². The molecule has 4 nitrogen and oxygen atoms in total. The van der Waals surface area contributed by atoms with Crippen LogP contribution in [0, 0.1) is 5.92 Å². The molecule has 5 heteroatoms. The zero-order valence-corrected chi connectivity index (χ0v) is 12.9. The molecule has 1 aliphatic carbocycles. The Balaban J connectivity index is 1.61. The van der Waals surface area contributed by atoms with Gasteiger partial charge in [0.15, 0.2) is 0 Å². The maximum Gasteiger partial charge on any atom is 0.213 e. The van der Waals surface area contributed by atoms with Crippen molar-refractivity contribution in [2.24, 2.45) is 5.92 Å². The van der Waals surface area contributed by atoms with E-state index in [1.165, 1.54) is 17.7 Å². The summed E-state index contributed by atoms with van der Waals surface area (Å²) in [5.41, 5.74) is 1.04. The lowest BCUT2D eigenvalue weighted by atomic mass is 10.1. The first-order valence-electron chi connectivity index (χ1n) is 7.24. The van der Waals surface area contributed by atoms with Crippen LogP contribution in [-0.2, 0) is 4.74 Å². The minimum Gasteiger partial charge on any atom is -0.475 e. The quantitative estimate of drug-likeness (QED) is 0.755. The van der Waals surface area contributed by atoms with Crippen LogP contribution in [0.4, 0.5) is 5.69 Å². The molecule has 1 fully saturated rings. The second kappa shape index (κ2) is 6.91. The molecule has 0 bridgehead atoms. The van der Waals surface area contributed by atoms with Crippen molar-refractivity contribution >= 4 is 17.0 Å². The summed E-state index contributed by atoms with van der Waals surface area (Å²) in [5, 5.41) is 5.74. The van der Waals surface area contributed by atoms with E-state index in [4.69, 9.17) is 9.47 Å². The van der Waals surface area contributed by atoms with E-state index in [0.29, 0.717) is 25.1 Å². The standard InChI is InChI=1S/C16H20N2O2S/c1-19-8-9-20-15-7-6-13(11-17-15)18-16(12-4-5-12)14-3-2-10-21-14/h2-3,6-7,10-12,16,18H,4-5,8-9H2,1H3. The molecular formula is C16H20N2O2S. The molecule has 112 valence electrons. The van der Waals surface area contributed by atoms with Crippen molar-refractivity contribution in [3.63, 3.8) is 0 Å². The van der Waals surface area contributed by atoms with Gasteiger partial charge in [-0.2, -0.15) is 0 Å². The van der Waals surface area contributed by atoms with E-state index >= 15 is 0 Å². The number of pyridine rings is 1. The van der Waals surface area contributed by atoms with E-state index in [9.17, 15) is 0 Å². The Morgan fingerprint density at radius 3 is 2.86 bits per heavy atom. The molecule has 0 saturated heterocycles. The van der Waals surface area contributed by atoms with Crippen molar-refractivity contribution in [2.75, 3.05) is 25.6 Å². The number of anilines is 1. The SMILES string of the molecule is COCCOc1ccc(NC(c2cccs2)C2CC2)cn1. The molecule has 1 saturated carbocycles. The summed E-state index contributed by atoms with van der Waals surface area (Å²) in [6.45, 7) is 1.10. The maximum absolute atomic E-state index is 5.48. The van der Waals surface area contributed by atoms with Crippen molar-refractivity contribution in [2.45, 2.75) is 18.9 Å². The lowest BCUT2D eigenvalue weighted by Crippen LogP contribution is -2.12. The molecule has 2 heterocycles. The predicted octanol–water partition coefficient (Wildman–Crippen LogP) is 3.73. The number of methoxy groups -OCH3 is 1. The van der Waals surface area contributed by atoms with Crippen LogP contribution in [0.25, 0.3) is 0 Å². The Morgan fingerprint density at radius 2 is 2.24 bits per heavy atom. The van der Waals surface area contributed by atoms with Gasteiger partial charge in [0.2, 0.25) is 5.88 Å². The normalized spacial score (nSPS) is 15.7. The van der Waals surface area contributed by atoms with Crippen LogP contribution in [0.1, 0.15) is 23.8 Å². The molecule has 0 radical (unpaired) electrons.